The number of aliphatic hydroxyl groups is 1. The van der Waals surface area contributed by atoms with Crippen LogP contribution in [0.4, 0.5) is 0 Å². The second-order valence-corrected chi connectivity index (χ2v) is 12.6. The zero-order valence-electron chi connectivity index (χ0n) is 22.5. The first kappa shape index (κ1) is 27.0. The summed E-state index contributed by atoms with van der Waals surface area (Å²) in [5, 5.41) is 17.9. The predicted octanol–water partition coefficient (Wildman–Crippen LogP) is 4.48. The molecule has 2 saturated heterocycles. The van der Waals surface area contributed by atoms with Crippen molar-refractivity contribution in [3.05, 3.63) is 63.8 Å². The van der Waals surface area contributed by atoms with Gasteiger partial charge in [0.2, 0.25) is 0 Å². The Morgan fingerprint density at radius 2 is 1.93 bits per heavy atom. The zero-order chi connectivity index (χ0) is 28.0. The minimum absolute atomic E-state index is 0.103. The van der Waals surface area contributed by atoms with Crippen LogP contribution in [0.1, 0.15) is 53.2 Å². The van der Waals surface area contributed by atoms with E-state index >= 15 is 0 Å². The third-order valence-electron chi connectivity index (χ3n) is 7.82. The maximum absolute atomic E-state index is 13.7. The van der Waals surface area contributed by atoms with Crippen LogP contribution in [0, 0.1) is 0 Å². The number of carbonyl (C=O) groups excluding carboxylic acids is 2. The van der Waals surface area contributed by atoms with Crippen molar-refractivity contribution in [1.29, 1.82) is 0 Å². The molecular formula is C29H32ClN5O4S. The molecule has 0 saturated carbocycles. The largest absolute Gasteiger partial charge is 0.389 e. The van der Waals surface area contributed by atoms with Gasteiger partial charge >= 0.3 is 0 Å². The Morgan fingerprint density at radius 1 is 1.15 bits per heavy atom. The highest BCUT2D eigenvalue weighted by molar-refractivity contribution is 7.19. The molecule has 3 aromatic heterocycles. The number of rotatable bonds is 7. The van der Waals surface area contributed by atoms with Gasteiger partial charge in [-0.25, -0.2) is 0 Å². The van der Waals surface area contributed by atoms with E-state index in [-0.39, 0.29) is 17.9 Å². The number of fused-ring (bicyclic) bond motifs is 1. The van der Waals surface area contributed by atoms with E-state index in [0.29, 0.717) is 52.7 Å². The van der Waals surface area contributed by atoms with Crippen LogP contribution in [0.3, 0.4) is 0 Å². The van der Waals surface area contributed by atoms with Gasteiger partial charge in [0.05, 0.1) is 21.9 Å². The Morgan fingerprint density at radius 3 is 2.60 bits per heavy atom. The van der Waals surface area contributed by atoms with Crippen LogP contribution in [0.5, 0.6) is 0 Å². The predicted molar refractivity (Wildman–Crippen MR) is 155 cm³/mol. The van der Waals surface area contributed by atoms with Gasteiger partial charge in [-0.05, 0) is 63.1 Å². The van der Waals surface area contributed by atoms with E-state index in [1.807, 2.05) is 41.0 Å². The summed E-state index contributed by atoms with van der Waals surface area (Å²) >= 11 is 7.51. The molecule has 0 spiro atoms. The van der Waals surface area contributed by atoms with Gasteiger partial charge < -0.3 is 29.3 Å². The molecule has 9 nitrogen and oxygen atoms in total. The summed E-state index contributed by atoms with van der Waals surface area (Å²) in [5.41, 5.74) is 2.53. The number of amides is 2. The normalized spacial score (nSPS) is 17.1. The SMILES string of the molecule is CC(C)N1CCC(NC(=O)c2cc3cc(C(=O)N4CC(O)C4)ccc3n2Cc2cc(-c3ccc(Cl)s3)on2)CC1. The van der Waals surface area contributed by atoms with Crippen LogP contribution in [0.15, 0.2) is 47.0 Å². The van der Waals surface area contributed by atoms with Gasteiger partial charge in [0, 0.05) is 60.8 Å². The summed E-state index contributed by atoms with van der Waals surface area (Å²) in [6.07, 6.45) is 1.34. The molecule has 2 N–H and O–H groups in total. The van der Waals surface area contributed by atoms with Crippen molar-refractivity contribution in [2.24, 2.45) is 0 Å². The quantitative estimate of drug-likeness (QED) is 0.334. The third-order valence-corrected chi connectivity index (χ3v) is 9.07. The van der Waals surface area contributed by atoms with Crippen molar-refractivity contribution in [2.75, 3.05) is 26.2 Å². The first-order valence-electron chi connectivity index (χ1n) is 13.6. The topological polar surface area (TPSA) is 104 Å². The van der Waals surface area contributed by atoms with Crippen molar-refractivity contribution in [2.45, 2.75) is 51.4 Å². The molecule has 2 aliphatic heterocycles. The van der Waals surface area contributed by atoms with E-state index < -0.39 is 6.10 Å². The number of nitrogens with zero attached hydrogens (tertiary/aromatic N) is 4. The average molecular weight is 582 g/mol. The van der Waals surface area contributed by atoms with E-state index in [0.717, 1.165) is 41.7 Å². The number of halogens is 1. The van der Waals surface area contributed by atoms with Gasteiger partial charge in [-0.1, -0.05) is 16.8 Å². The molecule has 6 rings (SSSR count). The molecule has 210 valence electrons. The molecule has 0 unspecified atom stereocenters. The first-order chi connectivity index (χ1) is 19.2. The van der Waals surface area contributed by atoms with Crippen LogP contribution in [-0.2, 0) is 6.54 Å². The fourth-order valence-electron chi connectivity index (χ4n) is 5.50. The molecule has 2 aliphatic rings. The third kappa shape index (κ3) is 5.41. The van der Waals surface area contributed by atoms with E-state index in [4.69, 9.17) is 16.1 Å². The summed E-state index contributed by atoms with van der Waals surface area (Å²) in [6.45, 7) is 7.31. The van der Waals surface area contributed by atoms with E-state index in [1.165, 1.54) is 11.3 Å². The van der Waals surface area contributed by atoms with Gasteiger partial charge in [-0.3, -0.25) is 9.59 Å². The van der Waals surface area contributed by atoms with Crippen molar-refractivity contribution in [3.63, 3.8) is 0 Å². The molecule has 0 radical (unpaired) electrons. The molecule has 2 amide bonds. The van der Waals surface area contributed by atoms with Crippen LogP contribution < -0.4 is 5.32 Å². The summed E-state index contributed by atoms with van der Waals surface area (Å²) < 4.78 is 8.19. The molecule has 5 heterocycles. The molecule has 0 bridgehead atoms. The molecule has 1 aromatic carbocycles. The number of thiophene rings is 1. The van der Waals surface area contributed by atoms with Gasteiger partial charge in [-0.2, -0.15) is 0 Å². The monoisotopic (exact) mass is 581 g/mol. The number of aromatic nitrogens is 2. The summed E-state index contributed by atoms with van der Waals surface area (Å²) in [7, 11) is 0. The fourth-order valence-corrected chi connectivity index (χ4v) is 6.49. The highest BCUT2D eigenvalue weighted by atomic mass is 35.5. The van der Waals surface area contributed by atoms with Gasteiger partial charge in [0.25, 0.3) is 11.8 Å². The average Bonchev–Trinajstić information content (AvgIpc) is 3.65. The maximum atomic E-state index is 13.7. The Bertz CT molecular complexity index is 1540. The molecule has 2 fully saturated rings. The Balaban J connectivity index is 1.29. The van der Waals surface area contributed by atoms with Gasteiger partial charge in [0.15, 0.2) is 5.76 Å². The van der Waals surface area contributed by atoms with Crippen LogP contribution in [0.25, 0.3) is 21.5 Å². The second kappa shape index (κ2) is 11.0. The fraction of sp³-hybridized carbons (Fsp3) is 0.414. The number of nitrogens with one attached hydrogen (secondary N) is 1. The van der Waals surface area contributed by atoms with E-state index in [1.54, 1.807) is 11.0 Å². The molecule has 4 aromatic rings. The molecule has 0 atom stereocenters. The highest BCUT2D eigenvalue weighted by Crippen LogP contribution is 2.32. The van der Waals surface area contributed by atoms with Crippen molar-refractivity contribution < 1.29 is 19.2 Å². The first-order valence-corrected chi connectivity index (χ1v) is 14.8. The van der Waals surface area contributed by atoms with Gasteiger partial charge in [-0.15, -0.1) is 11.3 Å². The zero-order valence-corrected chi connectivity index (χ0v) is 24.0. The highest BCUT2D eigenvalue weighted by Gasteiger charge is 2.30. The standard InChI is InChI=1S/C29H32ClN5O4S/c1-17(2)33-9-7-20(8-10-33)31-28(37)24-12-19-11-18(29(38)34-15-22(36)16-34)3-4-23(19)35(24)14-21-13-25(39-32-21)26-5-6-27(30)40-26/h3-6,11-13,17,20,22,36H,7-10,14-16H2,1-2H3,(H,31,37). The van der Waals surface area contributed by atoms with Crippen molar-refractivity contribution in [3.8, 4) is 10.6 Å². The number of hydrogen-bond donors (Lipinski definition) is 2. The Labute approximate surface area is 241 Å². The molecule has 40 heavy (non-hydrogen) atoms. The Hall–Kier alpha value is -3.18. The second-order valence-electron chi connectivity index (χ2n) is 10.9. The number of aliphatic hydroxyl groups excluding tert-OH is 1. The summed E-state index contributed by atoms with van der Waals surface area (Å²) in [6, 6.07) is 13.5. The van der Waals surface area contributed by atoms with E-state index in [2.05, 4.69) is 29.2 Å². The number of likely N-dealkylation sites (tertiary alicyclic amines) is 2. The summed E-state index contributed by atoms with van der Waals surface area (Å²) in [5.74, 6) is 0.348. The minimum Gasteiger partial charge on any atom is -0.389 e. The Kier molecular flexibility index (Phi) is 7.43. The maximum Gasteiger partial charge on any atom is 0.268 e. The smallest absolute Gasteiger partial charge is 0.268 e. The van der Waals surface area contributed by atoms with Crippen LogP contribution in [0.2, 0.25) is 4.34 Å². The lowest BCUT2D eigenvalue weighted by atomic mass is 10.0. The van der Waals surface area contributed by atoms with E-state index in [9.17, 15) is 14.7 Å². The number of β-amino-alcohol motifs (C(OH)–C–C–N with tert-alkyl or cyclic N) is 1. The minimum atomic E-state index is -0.464. The molecule has 0 aliphatic carbocycles. The van der Waals surface area contributed by atoms with Crippen molar-refractivity contribution in [1.82, 2.24) is 24.8 Å². The lowest BCUT2D eigenvalue weighted by Crippen LogP contribution is -2.53. The lowest BCUT2D eigenvalue weighted by molar-refractivity contribution is 0.00590. The van der Waals surface area contributed by atoms with Crippen LogP contribution in [-0.4, -0.2) is 80.8 Å². The van der Waals surface area contributed by atoms with Gasteiger partial charge in [0.1, 0.15) is 11.4 Å². The lowest BCUT2D eigenvalue weighted by Gasteiger charge is -2.35. The summed E-state index contributed by atoms with van der Waals surface area (Å²) in [4.78, 5) is 31.5. The van der Waals surface area contributed by atoms with Crippen LogP contribution >= 0.6 is 22.9 Å². The number of benzene rings is 1. The van der Waals surface area contributed by atoms with Crippen molar-refractivity contribution >= 4 is 45.7 Å². The number of piperidine rings is 1. The molecule has 11 heteroatoms. The molecular weight excluding hydrogens is 550 g/mol. The number of hydrogen-bond acceptors (Lipinski definition) is 7. The number of carbonyl (C=O) groups is 2.